The SMILES string of the molecule is O=C1CCC(NC2CCNCC2)C(=O)N1. The van der Waals surface area contributed by atoms with Crippen LogP contribution in [0.15, 0.2) is 0 Å². The van der Waals surface area contributed by atoms with Crippen molar-refractivity contribution in [1.82, 2.24) is 16.0 Å². The molecule has 0 aromatic rings. The van der Waals surface area contributed by atoms with Crippen LogP contribution in [0.4, 0.5) is 0 Å². The summed E-state index contributed by atoms with van der Waals surface area (Å²) in [5.74, 6) is -0.312. The number of hydrogen-bond acceptors (Lipinski definition) is 4. The van der Waals surface area contributed by atoms with Gasteiger partial charge < -0.3 is 10.6 Å². The maximum atomic E-state index is 11.5. The molecule has 0 saturated carbocycles. The van der Waals surface area contributed by atoms with Crippen LogP contribution in [-0.4, -0.2) is 37.0 Å². The molecule has 84 valence electrons. The Morgan fingerprint density at radius 3 is 2.53 bits per heavy atom. The van der Waals surface area contributed by atoms with E-state index >= 15 is 0 Å². The van der Waals surface area contributed by atoms with E-state index in [0.29, 0.717) is 18.9 Å². The van der Waals surface area contributed by atoms with Crippen molar-refractivity contribution in [2.45, 2.75) is 37.8 Å². The van der Waals surface area contributed by atoms with Crippen LogP contribution in [0.3, 0.4) is 0 Å². The second kappa shape index (κ2) is 4.72. The summed E-state index contributed by atoms with van der Waals surface area (Å²) >= 11 is 0. The van der Waals surface area contributed by atoms with Crippen LogP contribution >= 0.6 is 0 Å². The molecule has 0 aliphatic carbocycles. The van der Waals surface area contributed by atoms with Crippen molar-refractivity contribution in [3.05, 3.63) is 0 Å². The van der Waals surface area contributed by atoms with Gasteiger partial charge in [0.15, 0.2) is 0 Å². The Hall–Kier alpha value is -0.940. The van der Waals surface area contributed by atoms with Crippen molar-refractivity contribution in [2.75, 3.05) is 13.1 Å². The summed E-state index contributed by atoms with van der Waals surface area (Å²) in [6.45, 7) is 2.01. The molecule has 2 amide bonds. The molecule has 0 spiro atoms. The molecule has 0 radical (unpaired) electrons. The number of piperidine rings is 2. The van der Waals surface area contributed by atoms with Gasteiger partial charge in [0, 0.05) is 12.5 Å². The Morgan fingerprint density at radius 2 is 1.87 bits per heavy atom. The molecule has 0 aromatic carbocycles. The first kappa shape index (κ1) is 10.6. The van der Waals surface area contributed by atoms with E-state index < -0.39 is 0 Å². The Kier molecular flexibility index (Phi) is 3.33. The van der Waals surface area contributed by atoms with Crippen molar-refractivity contribution in [3.8, 4) is 0 Å². The first-order chi connectivity index (χ1) is 7.25. The van der Waals surface area contributed by atoms with E-state index in [1.807, 2.05) is 0 Å². The molecule has 1 unspecified atom stereocenters. The van der Waals surface area contributed by atoms with Gasteiger partial charge in [-0.25, -0.2) is 0 Å². The fourth-order valence-corrected chi connectivity index (χ4v) is 2.13. The summed E-state index contributed by atoms with van der Waals surface area (Å²) < 4.78 is 0. The third-order valence-corrected chi connectivity index (χ3v) is 3.02. The Bertz CT molecular complexity index is 261. The number of amides is 2. The highest BCUT2D eigenvalue weighted by Gasteiger charge is 2.28. The van der Waals surface area contributed by atoms with Crippen molar-refractivity contribution in [2.24, 2.45) is 0 Å². The van der Waals surface area contributed by atoms with Gasteiger partial charge in [0.2, 0.25) is 11.8 Å². The molecule has 5 nitrogen and oxygen atoms in total. The van der Waals surface area contributed by atoms with Gasteiger partial charge in [0.1, 0.15) is 0 Å². The molecule has 2 fully saturated rings. The largest absolute Gasteiger partial charge is 0.317 e. The Morgan fingerprint density at radius 1 is 1.13 bits per heavy atom. The topological polar surface area (TPSA) is 70.2 Å². The minimum Gasteiger partial charge on any atom is -0.317 e. The van der Waals surface area contributed by atoms with Crippen molar-refractivity contribution >= 4 is 11.8 Å². The Balaban J connectivity index is 1.82. The van der Waals surface area contributed by atoms with Gasteiger partial charge in [0.05, 0.1) is 6.04 Å². The third kappa shape index (κ3) is 2.76. The molecule has 0 aromatic heterocycles. The fraction of sp³-hybridized carbons (Fsp3) is 0.800. The second-order valence-corrected chi connectivity index (χ2v) is 4.19. The summed E-state index contributed by atoms with van der Waals surface area (Å²) in [6.07, 6.45) is 3.19. The van der Waals surface area contributed by atoms with E-state index in [4.69, 9.17) is 0 Å². The van der Waals surface area contributed by atoms with Crippen LogP contribution in [0.2, 0.25) is 0 Å². The number of imide groups is 1. The van der Waals surface area contributed by atoms with E-state index in [2.05, 4.69) is 16.0 Å². The van der Waals surface area contributed by atoms with Crippen LogP contribution in [0, 0.1) is 0 Å². The lowest BCUT2D eigenvalue weighted by atomic mass is 10.0. The number of rotatable bonds is 2. The third-order valence-electron chi connectivity index (χ3n) is 3.02. The molecule has 1 atom stereocenters. The van der Waals surface area contributed by atoms with Crippen LogP contribution in [0.5, 0.6) is 0 Å². The first-order valence-electron chi connectivity index (χ1n) is 5.56. The summed E-state index contributed by atoms with van der Waals surface area (Å²) in [6, 6.07) is 0.237. The quantitative estimate of drug-likeness (QED) is 0.519. The minimum absolute atomic E-state index is 0.150. The molecule has 2 aliphatic heterocycles. The highest BCUT2D eigenvalue weighted by molar-refractivity contribution is 6.00. The predicted octanol–water partition coefficient (Wildman–Crippen LogP) is -0.867. The second-order valence-electron chi connectivity index (χ2n) is 4.19. The number of nitrogens with one attached hydrogen (secondary N) is 3. The van der Waals surface area contributed by atoms with Crippen LogP contribution < -0.4 is 16.0 Å². The van der Waals surface area contributed by atoms with Gasteiger partial charge in [-0.2, -0.15) is 0 Å². The van der Waals surface area contributed by atoms with E-state index in [0.717, 1.165) is 25.9 Å². The van der Waals surface area contributed by atoms with Crippen LogP contribution in [0.1, 0.15) is 25.7 Å². The van der Waals surface area contributed by atoms with Crippen molar-refractivity contribution in [1.29, 1.82) is 0 Å². The average molecular weight is 211 g/mol. The molecule has 3 N–H and O–H groups in total. The van der Waals surface area contributed by atoms with Gasteiger partial charge in [-0.15, -0.1) is 0 Å². The smallest absolute Gasteiger partial charge is 0.243 e. The normalized spacial score (nSPS) is 28.9. The summed E-state index contributed by atoms with van der Waals surface area (Å²) in [4.78, 5) is 22.4. The van der Waals surface area contributed by atoms with E-state index in [-0.39, 0.29) is 17.9 Å². The van der Waals surface area contributed by atoms with Crippen LogP contribution in [-0.2, 0) is 9.59 Å². The summed E-state index contributed by atoms with van der Waals surface area (Å²) in [7, 11) is 0. The standard InChI is InChI=1S/C10H17N3O2/c14-9-2-1-8(10(15)13-9)12-7-3-5-11-6-4-7/h7-8,11-12H,1-6H2,(H,13,14,15). The van der Waals surface area contributed by atoms with Crippen molar-refractivity contribution in [3.63, 3.8) is 0 Å². The molecule has 0 bridgehead atoms. The zero-order valence-electron chi connectivity index (χ0n) is 8.71. The van der Waals surface area contributed by atoms with E-state index in [9.17, 15) is 9.59 Å². The molecule has 2 rings (SSSR count). The Labute approximate surface area is 89.0 Å². The van der Waals surface area contributed by atoms with E-state index in [1.165, 1.54) is 0 Å². The lowest BCUT2D eigenvalue weighted by Gasteiger charge is -2.29. The molecule has 15 heavy (non-hydrogen) atoms. The minimum atomic E-state index is -0.175. The molecule has 2 aliphatic rings. The fourth-order valence-electron chi connectivity index (χ4n) is 2.13. The lowest BCUT2D eigenvalue weighted by Crippen LogP contribution is -2.54. The highest BCUT2D eigenvalue weighted by Crippen LogP contribution is 2.09. The molecule has 5 heteroatoms. The van der Waals surface area contributed by atoms with Gasteiger partial charge in [-0.1, -0.05) is 0 Å². The maximum absolute atomic E-state index is 11.5. The maximum Gasteiger partial charge on any atom is 0.243 e. The van der Waals surface area contributed by atoms with Gasteiger partial charge >= 0.3 is 0 Å². The van der Waals surface area contributed by atoms with Gasteiger partial charge in [-0.05, 0) is 32.4 Å². The van der Waals surface area contributed by atoms with Crippen molar-refractivity contribution < 1.29 is 9.59 Å². The lowest BCUT2D eigenvalue weighted by molar-refractivity contribution is -0.134. The number of carbonyl (C=O) groups excluding carboxylic acids is 2. The highest BCUT2D eigenvalue weighted by atomic mass is 16.2. The predicted molar refractivity (Wildman–Crippen MR) is 55.2 cm³/mol. The zero-order valence-corrected chi connectivity index (χ0v) is 8.71. The van der Waals surface area contributed by atoms with Gasteiger partial charge in [0.25, 0.3) is 0 Å². The summed E-state index contributed by atoms with van der Waals surface area (Å²) in [5, 5.41) is 8.96. The number of hydrogen-bond donors (Lipinski definition) is 3. The molecule has 2 heterocycles. The first-order valence-corrected chi connectivity index (χ1v) is 5.56. The number of carbonyl (C=O) groups is 2. The monoisotopic (exact) mass is 211 g/mol. The molecular formula is C10H17N3O2. The van der Waals surface area contributed by atoms with Gasteiger partial charge in [-0.3, -0.25) is 14.9 Å². The average Bonchev–Trinajstić information content (AvgIpc) is 2.24. The van der Waals surface area contributed by atoms with Crippen LogP contribution in [0.25, 0.3) is 0 Å². The molecular weight excluding hydrogens is 194 g/mol. The molecule has 2 saturated heterocycles. The summed E-state index contributed by atoms with van der Waals surface area (Å²) in [5.41, 5.74) is 0. The van der Waals surface area contributed by atoms with E-state index in [1.54, 1.807) is 0 Å². The zero-order chi connectivity index (χ0) is 10.7.